The smallest absolute Gasteiger partial charge is 0.194 e. The van der Waals surface area contributed by atoms with Gasteiger partial charge >= 0.3 is 0 Å². The molecule has 0 bridgehead atoms. The van der Waals surface area contributed by atoms with Gasteiger partial charge in [0, 0.05) is 38.0 Å². The van der Waals surface area contributed by atoms with E-state index in [1.165, 1.54) is 0 Å². The molecule has 0 radical (unpaired) electrons. The topological polar surface area (TPSA) is 54.7 Å². The van der Waals surface area contributed by atoms with Crippen molar-refractivity contribution in [3.8, 4) is 5.69 Å². The van der Waals surface area contributed by atoms with Crippen LogP contribution in [0.2, 0.25) is 0 Å². The standard InChI is InChI=1S/C20H29N5O/c1-3-21-20(24-12-10-19(11-13-24)26-4-2)22-14-17-15-23-25(16-17)18-8-6-5-7-9-18/h5-9,15-16,19H,3-4,10-14H2,1-2H3,(H,21,22). The van der Waals surface area contributed by atoms with E-state index in [2.05, 4.69) is 29.2 Å². The van der Waals surface area contributed by atoms with Gasteiger partial charge < -0.3 is 15.0 Å². The summed E-state index contributed by atoms with van der Waals surface area (Å²) in [5.74, 6) is 0.981. The molecule has 2 heterocycles. The number of aromatic nitrogens is 2. The van der Waals surface area contributed by atoms with Crippen molar-refractivity contribution >= 4 is 5.96 Å². The maximum atomic E-state index is 5.75. The maximum absolute atomic E-state index is 5.75. The number of rotatable bonds is 6. The predicted octanol–water partition coefficient (Wildman–Crippen LogP) is 2.84. The SMILES string of the molecule is CCNC(=NCc1cnn(-c2ccccc2)c1)N1CCC(OCC)CC1. The highest BCUT2D eigenvalue weighted by atomic mass is 16.5. The summed E-state index contributed by atoms with van der Waals surface area (Å²) in [5, 5.41) is 7.87. The summed E-state index contributed by atoms with van der Waals surface area (Å²) in [6.45, 7) is 8.43. The van der Waals surface area contributed by atoms with Crippen molar-refractivity contribution in [2.75, 3.05) is 26.2 Å². The van der Waals surface area contributed by atoms with E-state index in [1.54, 1.807) is 0 Å². The molecular formula is C20H29N5O. The number of guanidine groups is 1. The zero-order chi connectivity index (χ0) is 18.2. The second kappa shape index (κ2) is 9.38. The molecule has 2 aromatic rings. The summed E-state index contributed by atoms with van der Waals surface area (Å²) < 4.78 is 7.64. The Balaban J connectivity index is 1.62. The molecule has 6 heteroatoms. The Kier molecular flexibility index (Phi) is 6.66. The van der Waals surface area contributed by atoms with Crippen molar-refractivity contribution in [3.05, 3.63) is 48.3 Å². The molecule has 1 aromatic carbocycles. The van der Waals surface area contributed by atoms with Crippen molar-refractivity contribution in [2.24, 2.45) is 4.99 Å². The lowest BCUT2D eigenvalue weighted by molar-refractivity contribution is 0.0263. The van der Waals surface area contributed by atoms with Gasteiger partial charge in [-0.25, -0.2) is 9.67 Å². The first-order valence-electron chi connectivity index (χ1n) is 9.54. The predicted molar refractivity (Wildman–Crippen MR) is 105 cm³/mol. The highest BCUT2D eigenvalue weighted by Gasteiger charge is 2.21. The first-order chi connectivity index (χ1) is 12.8. The Labute approximate surface area is 155 Å². The van der Waals surface area contributed by atoms with Gasteiger partial charge in [-0.1, -0.05) is 18.2 Å². The minimum atomic E-state index is 0.392. The summed E-state index contributed by atoms with van der Waals surface area (Å²) in [6, 6.07) is 10.1. The molecule has 1 aliphatic rings. The van der Waals surface area contributed by atoms with E-state index in [0.717, 1.165) is 56.3 Å². The molecule has 1 N–H and O–H groups in total. The van der Waals surface area contributed by atoms with Crippen LogP contribution >= 0.6 is 0 Å². The fourth-order valence-corrected chi connectivity index (χ4v) is 3.23. The third-order valence-corrected chi connectivity index (χ3v) is 4.55. The maximum Gasteiger partial charge on any atom is 0.194 e. The van der Waals surface area contributed by atoms with E-state index in [4.69, 9.17) is 9.73 Å². The van der Waals surface area contributed by atoms with Crippen molar-refractivity contribution in [1.29, 1.82) is 0 Å². The van der Waals surface area contributed by atoms with Crippen LogP contribution in [0.3, 0.4) is 0 Å². The molecular weight excluding hydrogens is 326 g/mol. The highest BCUT2D eigenvalue weighted by Crippen LogP contribution is 2.14. The van der Waals surface area contributed by atoms with Crippen LogP contribution in [0.4, 0.5) is 0 Å². The molecule has 0 spiro atoms. The van der Waals surface area contributed by atoms with Gasteiger partial charge in [0.25, 0.3) is 0 Å². The minimum absolute atomic E-state index is 0.392. The number of para-hydroxylation sites is 1. The first kappa shape index (κ1) is 18.5. The van der Waals surface area contributed by atoms with Gasteiger partial charge in [-0.3, -0.25) is 0 Å². The van der Waals surface area contributed by atoms with Crippen LogP contribution in [0.1, 0.15) is 32.3 Å². The average molecular weight is 355 g/mol. The van der Waals surface area contributed by atoms with E-state index in [9.17, 15) is 0 Å². The monoisotopic (exact) mass is 355 g/mol. The Hall–Kier alpha value is -2.34. The van der Waals surface area contributed by atoms with Gasteiger partial charge in [0.1, 0.15) is 0 Å². The van der Waals surface area contributed by atoms with Gasteiger partial charge in [-0.05, 0) is 38.8 Å². The van der Waals surface area contributed by atoms with E-state index in [-0.39, 0.29) is 0 Å². The van der Waals surface area contributed by atoms with Gasteiger partial charge in [0.05, 0.1) is 24.5 Å². The lowest BCUT2D eigenvalue weighted by Gasteiger charge is -2.34. The molecule has 1 fully saturated rings. The molecule has 3 rings (SSSR count). The Morgan fingerprint density at radius 1 is 1.23 bits per heavy atom. The van der Waals surface area contributed by atoms with E-state index >= 15 is 0 Å². The van der Waals surface area contributed by atoms with Gasteiger partial charge in [0.2, 0.25) is 0 Å². The van der Waals surface area contributed by atoms with E-state index in [0.29, 0.717) is 12.6 Å². The molecule has 140 valence electrons. The summed E-state index contributed by atoms with van der Waals surface area (Å²) >= 11 is 0. The molecule has 0 aliphatic carbocycles. The third kappa shape index (κ3) is 4.85. The largest absolute Gasteiger partial charge is 0.378 e. The number of likely N-dealkylation sites (tertiary alicyclic amines) is 1. The molecule has 6 nitrogen and oxygen atoms in total. The average Bonchev–Trinajstić information content (AvgIpc) is 3.16. The quantitative estimate of drug-likeness (QED) is 0.639. The zero-order valence-corrected chi connectivity index (χ0v) is 15.8. The molecule has 0 saturated carbocycles. The number of hydrogen-bond acceptors (Lipinski definition) is 3. The number of hydrogen-bond donors (Lipinski definition) is 1. The number of ether oxygens (including phenoxy) is 1. The number of aliphatic imine (C=N–C) groups is 1. The van der Waals surface area contributed by atoms with Gasteiger partial charge in [-0.15, -0.1) is 0 Å². The summed E-state index contributed by atoms with van der Waals surface area (Å²) in [5.41, 5.74) is 2.17. The van der Waals surface area contributed by atoms with Crippen LogP contribution in [0.25, 0.3) is 5.69 Å². The fourth-order valence-electron chi connectivity index (χ4n) is 3.23. The lowest BCUT2D eigenvalue weighted by atomic mass is 10.1. The molecule has 0 amide bonds. The first-order valence-corrected chi connectivity index (χ1v) is 9.54. The zero-order valence-electron chi connectivity index (χ0n) is 15.8. The van der Waals surface area contributed by atoms with Crippen LogP contribution < -0.4 is 5.32 Å². The van der Waals surface area contributed by atoms with Crippen molar-refractivity contribution in [3.63, 3.8) is 0 Å². The van der Waals surface area contributed by atoms with Crippen LogP contribution in [0.5, 0.6) is 0 Å². The number of benzene rings is 1. The van der Waals surface area contributed by atoms with Gasteiger partial charge in [-0.2, -0.15) is 5.10 Å². The van der Waals surface area contributed by atoms with Crippen LogP contribution in [0, 0.1) is 0 Å². The fraction of sp³-hybridized carbons (Fsp3) is 0.500. The molecule has 26 heavy (non-hydrogen) atoms. The molecule has 1 aliphatic heterocycles. The summed E-state index contributed by atoms with van der Waals surface area (Å²) in [7, 11) is 0. The summed E-state index contributed by atoms with van der Waals surface area (Å²) in [6.07, 6.45) is 6.45. The highest BCUT2D eigenvalue weighted by molar-refractivity contribution is 5.80. The molecule has 1 aromatic heterocycles. The Morgan fingerprint density at radius 3 is 2.69 bits per heavy atom. The number of nitrogens with one attached hydrogen (secondary N) is 1. The molecule has 0 atom stereocenters. The van der Waals surface area contributed by atoms with Crippen LogP contribution in [0.15, 0.2) is 47.7 Å². The van der Waals surface area contributed by atoms with Crippen LogP contribution in [-0.4, -0.2) is 53.0 Å². The molecule has 0 unspecified atom stereocenters. The van der Waals surface area contributed by atoms with Crippen molar-refractivity contribution in [2.45, 2.75) is 39.3 Å². The minimum Gasteiger partial charge on any atom is -0.378 e. The lowest BCUT2D eigenvalue weighted by Crippen LogP contribution is -2.47. The Bertz CT molecular complexity index is 689. The number of nitrogens with zero attached hydrogens (tertiary/aromatic N) is 4. The van der Waals surface area contributed by atoms with E-state index in [1.807, 2.05) is 47.4 Å². The second-order valence-electron chi connectivity index (χ2n) is 6.44. The summed E-state index contributed by atoms with van der Waals surface area (Å²) in [4.78, 5) is 7.16. The van der Waals surface area contributed by atoms with Gasteiger partial charge in [0.15, 0.2) is 5.96 Å². The normalized spacial score (nSPS) is 16.1. The van der Waals surface area contributed by atoms with E-state index < -0.39 is 0 Å². The third-order valence-electron chi connectivity index (χ3n) is 4.55. The number of piperidine rings is 1. The second-order valence-corrected chi connectivity index (χ2v) is 6.44. The molecule has 1 saturated heterocycles. The van der Waals surface area contributed by atoms with Crippen molar-refractivity contribution < 1.29 is 4.74 Å². The van der Waals surface area contributed by atoms with Crippen LogP contribution in [-0.2, 0) is 11.3 Å². The Morgan fingerprint density at radius 2 is 2.00 bits per heavy atom. The van der Waals surface area contributed by atoms with Crippen molar-refractivity contribution in [1.82, 2.24) is 20.0 Å².